The second-order valence-corrected chi connectivity index (χ2v) is 6.03. The lowest BCUT2D eigenvalue weighted by Gasteiger charge is -2.21. The summed E-state index contributed by atoms with van der Waals surface area (Å²) < 4.78 is 0. The molecule has 0 spiro atoms. The molecule has 3 atom stereocenters. The largest absolute Gasteiger partial charge is 0.302 e. The fourth-order valence-electron chi connectivity index (χ4n) is 3.01. The van der Waals surface area contributed by atoms with Crippen molar-refractivity contribution in [2.24, 2.45) is 17.3 Å². The molecule has 2 amide bonds. The third-order valence-corrected chi connectivity index (χ3v) is 4.33. The molecule has 1 heterocycles. The monoisotopic (exact) mass is 263 g/mol. The van der Waals surface area contributed by atoms with Gasteiger partial charge in [0, 0.05) is 6.54 Å². The zero-order chi connectivity index (χ0) is 14.2. The summed E-state index contributed by atoms with van der Waals surface area (Å²) in [6.45, 7) is 7.10. The van der Waals surface area contributed by atoms with Crippen molar-refractivity contribution in [3.05, 3.63) is 0 Å². The number of carbonyl (C=O) groups is 2. The molecule has 1 aliphatic carbocycles. The van der Waals surface area contributed by atoms with Crippen LogP contribution in [0.15, 0.2) is 0 Å². The average Bonchev–Trinajstić information content (AvgIpc) is 2.84. The molecule has 19 heavy (non-hydrogen) atoms. The molecule has 0 aromatic rings. The maximum Gasteiger partial charge on any atom is 0.233 e. The molecular weight excluding hydrogens is 242 g/mol. The van der Waals surface area contributed by atoms with Crippen LogP contribution in [-0.4, -0.2) is 35.8 Å². The highest BCUT2D eigenvalue weighted by Gasteiger charge is 2.72. The Morgan fingerprint density at radius 2 is 1.95 bits per heavy atom. The summed E-state index contributed by atoms with van der Waals surface area (Å²) >= 11 is 0. The van der Waals surface area contributed by atoms with Crippen LogP contribution < -0.4 is 5.32 Å². The molecule has 2 fully saturated rings. The first kappa shape index (κ1) is 14.0. The molecule has 3 unspecified atom stereocenters. The number of carbonyl (C=O) groups excluding carboxylic acids is 2. The van der Waals surface area contributed by atoms with Gasteiger partial charge in [-0.3, -0.25) is 14.5 Å². The molecule has 0 bridgehead atoms. The van der Waals surface area contributed by atoms with E-state index >= 15 is 0 Å². The van der Waals surface area contributed by atoms with Gasteiger partial charge in [-0.2, -0.15) is 5.26 Å². The summed E-state index contributed by atoms with van der Waals surface area (Å²) in [5, 5.41) is 12.1. The van der Waals surface area contributed by atoms with E-state index in [9.17, 15) is 9.59 Å². The SMILES string of the molecule is CCCNC(C#N)CCN1C(=O)C2C(C1=O)C2(C)C. The second kappa shape index (κ2) is 4.93. The number of imide groups is 1. The number of piperidine rings is 1. The van der Waals surface area contributed by atoms with Gasteiger partial charge < -0.3 is 5.32 Å². The van der Waals surface area contributed by atoms with Crippen molar-refractivity contribution in [3.8, 4) is 6.07 Å². The molecule has 2 rings (SSSR count). The number of fused-ring (bicyclic) bond motifs is 1. The van der Waals surface area contributed by atoms with Crippen LogP contribution in [0, 0.1) is 28.6 Å². The number of hydrogen-bond acceptors (Lipinski definition) is 4. The Balaban J connectivity index is 1.87. The van der Waals surface area contributed by atoms with Gasteiger partial charge in [0.25, 0.3) is 0 Å². The van der Waals surface area contributed by atoms with Crippen LogP contribution in [-0.2, 0) is 9.59 Å². The van der Waals surface area contributed by atoms with Gasteiger partial charge in [-0.25, -0.2) is 0 Å². The zero-order valence-electron chi connectivity index (χ0n) is 11.8. The number of nitrogens with one attached hydrogen (secondary N) is 1. The van der Waals surface area contributed by atoms with E-state index in [4.69, 9.17) is 5.26 Å². The van der Waals surface area contributed by atoms with Crippen LogP contribution in [0.5, 0.6) is 0 Å². The van der Waals surface area contributed by atoms with Gasteiger partial charge in [-0.15, -0.1) is 0 Å². The van der Waals surface area contributed by atoms with Crippen molar-refractivity contribution in [1.29, 1.82) is 5.26 Å². The van der Waals surface area contributed by atoms with E-state index in [-0.39, 0.29) is 35.1 Å². The van der Waals surface area contributed by atoms with Gasteiger partial charge in [0.2, 0.25) is 11.8 Å². The van der Waals surface area contributed by atoms with Gasteiger partial charge in [0.1, 0.15) is 0 Å². The van der Waals surface area contributed by atoms with Crippen molar-refractivity contribution in [1.82, 2.24) is 10.2 Å². The topological polar surface area (TPSA) is 73.2 Å². The second-order valence-electron chi connectivity index (χ2n) is 6.03. The smallest absolute Gasteiger partial charge is 0.233 e. The fourth-order valence-corrected chi connectivity index (χ4v) is 3.01. The number of nitrogens with zero attached hydrogens (tertiary/aromatic N) is 2. The predicted octanol–water partition coefficient (Wildman–Crippen LogP) is 0.909. The van der Waals surface area contributed by atoms with E-state index in [2.05, 4.69) is 11.4 Å². The summed E-state index contributed by atoms with van der Waals surface area (Å²) in [7, 11) is 0. The first-order valence-corrected chi connectivity index (χ1v) is 6.93. The van der Waals surface area contributed by atoms with Gasteiger partial charge >= 0.3 is 0 Å². The fraction of sp³-hybridized carbons (Fsp3) is 0.786. The minimum atomic E-state index is -0.287. The first-order valence-electron chi connectivity index (χ1n) is 6.93. The molecular formula is C14H21N3O2. The standard InChI is InChI=1S/C14H21N3O2/c1-4-6-16-9(8-15)5-7-17-12(18)10-11(13(17)19)14(10,2)3/h9-11,16H,4-7H2,1-3H3. The Morgan fingerprint density at radius 3 is 2.42 bits per heavy atom. The highest BCUT2D eigenvalue weighted by molar-refractivity contribution is 6.10. The van der Waals surface area contributed by atoms with Gasteiger partial charge in [-0.1, -0.05) is 20.8 Å². The van der Waals surface area contributed by atoms with Gasteiger partial charge in [0.15, 0.2) is 0 Å². The lowest BCUT2D eigenvalue weighted by atomic mass is 10.1. The van der Waals surface area contributed by atoms with E-state index in [0.29, 0.717) is 13.0 Å². The highest BCUT2D eigenvalue weighted by Crippen LogP contribution is 2.63. The Labute approximate surface area is 113 Å². The molecule has 5 heteroatoms. The summed E-state index contributed by atoms with van der Waals surface area (Å²) in [4.78, 5) is 25.5. The molecule has 5 nitrogen and oxygen atoms in total. The van der Waals surface area contributed by atoms with Crippen molar-refractivity contribution in [2.75, 3.05) is 13.1 Å². The van der Waals surface area contributed by atoms with Crippen LogP contribution in [0.1, 0.15) is 33.6 Å². The Hall–Kier alpha value is -1.41. The van der Waals surface area contributed by atoms with Crippen molar-refractivity contribution in [2.45, 2.75) is 39.7 Å². The van der Waals surface area contributed by atoms with Crippen molar-refractivity contribution < 1.29 is 9.59 Å². The lowest BCUT2D eigenvalue weighted by Crippen LogP contribution is -2.40. The van der Waals surface area contributed by atoms with Gasteiger partial charge in [-0.05, 0) is 24.8 Å². The van der Waals surface area contributed by atoms with E-state index in [1.54, 1.807) is 0 Å². The maximum atomic E-state index is 12.1. The third-order valence-electron chi connectivity index (χ3n) is 4.33. The highest BCUT2D eigenvalue weighted by atomic mass is 16.2. The minimum absolute atomic E-state index is 0.0489. The lowest BCUT2D eigenvalue weighted by molar-refractivity contribution is -0.143. The molecule has 0 radical (unpaired) electrons. The predicted molar refractivity (Wildman–Crippen MR) is 69.8 cm³/mol. The molecule has 2 aliphatic rings. The quantitative estimate of drug-likeness (QED) is 0.723. The number of amides is 2. The number of likely N-dealkylation sites (tertiary alicyclic amines) is 1. The normalized spacial score (nSPS) is 29.1. The molecule has 0 aromatic heterocycles. The molecule has 1 saturated heterocycles. The Morgan fingerprint density at radius 1 is 1.37 bits per heavy atom. The van der Waals surface area contributed by atoms with E-state index in [0.717, 1.165) is 13.0 Å². The summed E-state index contributed by atoms with van der Waals surface area (Å²) in [6.07, 6.45) is 1.46. The van der Waals surface area contributed by atoms with Crippen LogP contribution in [0.3, 0.4) is 0 Å². The molecule has 104 valence electrons. The number of hydrogen-bond donors (Lipinski definition) is 1. The third kappa shape index (κ3) is 2.25. The van der Waals surface area contributed by atoms with Crippen LogP contribution in [0.25, 0.3) is 0 Å². The molecule has 1 saturated carbocycles. The molecule has 1 aliphatic heterocycles. The Bertz CT molecular complexity index is 414. The van der Waals surface area contributed by atoms with Crippen LogP contribution >= 0.6 is 0 Å². The first-order chi connectivity index (χ1) is 8.95. The van der Waals surface area contributed by atoms with Crippen LogP contribution in [0.4, 0.5) is 0 Å². The summed E-state index contributed by atoms with van der Waals surface area (Å²) in [5.41, 5.74) is -0.153. The van der Waals surface area contributed by atoms with E-state index in [1.807, 2.05) is 20.8 Å². The Kier molecular flexibility index (Phi) is 3.64. The van der Waals surface area contributed by atoms with Crippen molar-refractivity contribution in [3.63, 3.8) is 0 Å². The minimum Gasteiger partial charge on any atom is -0.302 e. The molecule has 0 aromatic carbocycles. The number of nitriles is 1. The summed E-state index contributed by atoms with van der Waals surface area (Å²) in [5.74, 6) is -0.340. The van der Waals surface area contributed by atoms with Crippen LogP contribution in [0.2, 0.25) is 0 Å². The van der Waals surface area contributed by atoms with E-state index < -0.39 is 0 Å². The van der Waals surface area contributed by atoms with Gasteiger partial charge in [0.05, 0.1) is 23.9 Å². The zero-order valence-corrected chi connectivity index (χ0v) is 11.8. The summed E-state index contributed by atoms with van der Waals surface area (Å²) in [6, 6.07) is 1.88. The van der Waals surface area contributed by atoms with E-state index in [1.165, 1.54) is 4.90 Å². The van der Waals surface area contributed by atoms with Crippen molar-refractivity contribution >= 4 is 11.8 Å². The number of rotatable bonds is 6. The maximum absolute atomic E-state index is 12.1. The average molecular weight is 263 g/mol. The molecule has 1 N–H and O–H groups in total.